The van der Waals surface area contributed by atoms with E-state index >= 15 is 0 Å². The van der Waals surface area contributed by atoms with E-state index < -0.39 is 0 Å². The average molecular weight is 268 g/mol. The van der Waals surface area contributed by atoms with Gasteiger partial charge >= 0.3 is 5.97 Å². The smallest absolute Gasteiger partial charge is 0.308 e. The van der Waals surface area contributed by atoms with Crippen LogP contribution >= 0.6 is 0 Å². The van der Waals surface area contributed by atoms with Crippen LogP contribution in [-0.4, -0.2) is 18.9 Å². The number of rotatable bonds is 6. The molecule has 1 saturated carbocycles. The molecule has 0 radical (unpaired) electrons. The second kappa shape index (κ2) is 7.66. The van der Waals surface area contributed by atoms with Gasteiger partial charge in [-0.3, -0.25) is 9.59 Å². The Morgan fingerprint density at radius 3 is 2.11 bits per heavy atom. The van der Waals surface area contributed by atoms with Crippen LogP contribution in [0.25, 0.3) is 0 Å². The lowest BCUT2D eigenvalue weighted by atomic mass is 9.74. The Morgan fingerprint density at radius 1 is 1.05 bits per heavy atom. The largest absolute Gasteiger partial charge is 0.469 e. The lowest BCUT2D eigenvalue weighted by molar-refractivity contribution is -0.147. The number of Topliss-reactive ketones (excluding diaryl/α,β-unsaturated/α-hetero) is 1. The minimum Gasteiger partial charge on any atom is -0.469 e. The van der Waals surface area contributed by atoms with Crippen molar-refractivity contribution < 1.29 is 14.3 Å². The number of ether oxygens (including phenoxy) is 1. The summed E-state index contributed by atoms with van der Waals surface area (Å²) < 4.78 is 4.80. The molecule has 0 aliphatic heterocycles. The molecule has 0 unspecified atom stereocenters. The van der Waals surface area contributed by atoms with Gasteiger partial charge in [-0.1, -0.05) is 20.8 Å². The standard InChI is InChI=1S/C16H28O3/c1-11(2)9-15(17)10-12(3)13-5-7-14(8-6-13)16(18)19-4/h11-14H,5-10H2,1-4H3/t12-,13?,14?/m0/s1. The average Bonchev–Trinajstić information content (AvgIpc) is 2.36. The molecule has 0 aromatic rings. The van der Waals surface area contributed by atoms with Crippen LogP contribution in [0.15, 0.2) is 0 Å². The molecule has 1 atom stereocenters. The monoisotopic (exact) mass is 268 g/mol. The van der Waals surface area contributed by atoms with E-state index in [4.69, 9.17) is 4.74 Å². The first-order valence-corrected chi connectivity index (χ1v) is 7.53. The molecule has 0 aromatic heterocycles. The molecule has 0 heterocycles. The maximum absolute atomic E-state index is 11.9. The van der Waals surface area contributed by atoms with Crippen molar-refractivity contribution in [1.82, 2.24) is 0 Å². The summed E-state index contributed by atoms with van der Waals surface area (Å²) in [6, 6.07) is 0. The van der Waals surface area contributed by atoms with E-state index in [1.165, 1.54) is 7.11 Å². The number of carbonyl (C=O) groups is 2. The lowest BCUT2D eigenvalue weighted by Gasteiger charge is -2.31. The second-order valence-electron chi connectivity index (χ2n) is 6.45. The second-order valence-corrected chi connectivity index (χ2v) is 6.45. The van der Waals surface area contributed by atoms with Gasteiger partial charge in [0.1, 0.15) is 5.78 Å². The Hall–Kier alpha value is -0.860. The fourth-order valence-electron chi connectivity index (χ4n) is 3.16. The van der Waals surface area contributed by atoms with Crippen LogP contribution in [-0.2, 0) is 14.3 Å². The number of methoxy groups -OCH3 is 1. The first kappa shape index (κ1) is 16.2. The molecule has 19 heavy (non-hydrogen) atoms. The van der Waals surface area contributed by atoms with Crippen LogP contribution in [0, 0.1) is 23.7 Å². The topological polar surface area (TPSA) is 43.4 Å². The van der Waals surface area contributed by atoms with Crippen molar-refractivity contribution in [2.24, 2.45) is 23.7 Å². The summed E-state index contributed by atoms with van der Waals surface area (Å²) in [4.78, 5) is 23.3. The Labute approximate surface area is 117 Å². The zero-order chi connectivity index (χ0) is 14.4. The van der Waals surface area contributed by atoms with Crippen molar-refractivity contribution in [2.75, 3.05) is 7.11 Å². The summed E-state index contributed by atoms with van der Waals surface area (Å²) in [5.41, 5.74) is 0. The third-order valence-electron chi connectivity index (χ3n) is 4.30. The van der Waals surface area contributed by atoms with Crippen molar-refractivity contribution in [3.63, 3.8) is 0 Å². The Balaban J connectivity index is 2.34. The summed E-state index contributed by atoms with van der Waals surface area (Å²) in [6.07, 6.45) is 5.33. The van der Waals surface area contributed by atoms with E-state index in [0.29, 0.717) is 36.4 Å². The molecular formula is C16H28O3. The summed E-state index contributed by atoms with van der Waals surface area (Å²) >= 11 is 0. The Kier molecular flexibility index (Phi) is 6.53. The van der Waals surface area contributed by atoms with Gasteiger partial charge in [0, 0.05) is 12.8 Å². The summed E-state index contributed by atoms with van der Waals surface area (Å²) in [6.45, 7) is 6.36. The highest BCUT2D eigenvalue weighted by atomic mass is 16.5. The van der Waals surface area contributed by atoms with E-state index in [-0.39, 0.29) is 11.9 Å². The molecule has 1 aliphatic rings. The van der Waals surface area contributed by atoms with Crippen LogP contribution in [0.5, 0.6) is 0 Å². The Morgan fingerprint density at radius 2 is 1.63 bits per heavy atom. The van der Waals surface area contributed by atoms with Gasteiger partial charge in [-0.25, -0.2) is 0 Å². The zero-order valence-corrected chi connectivity index (χ0v) is 12.8. The van der Waals surface area contributed by atoms with Gasteiger partial charge in [-0.15, -0.1) is 0 Å². The van der Waals surface area contributed by atoms with Crippen molar-refractivity contribution in [3.05, 3.63) is 0 Å². The van der Waals surface area contributed by atoms with Gasteiger partial charge in [0.2, 0.25) is 0 Å². The van der Waals surface area contributed by atoms with Crippen molar-refractivity contribution in [2.45, 2.75) is 59.3 Å². The van der Waals surface area contributed by atoms with Crippen LogP contribution in [0.4, 0.5) is 0 Å². The van der Waals surface area contributed by atoms with Gasteiger partial charge in [-0.2, -0.15) is 0 Å². The molecular weight excluding hydrogens is 240 g/mol. The molecule has 3 nitrogen and oxygen atoms in total. The molecule has 0 saturated heterocycles. The number of hydrogen-bond acceptors (Lipinski definition) is 3. The number of hydrogen-bond donors (Lipinski definition) is 0. The predicted octanol–water partition coefficient (Wildman–Crippen LogP) is 3.61. The van der Waals surface area contributed by atoms with Crippen LogP contribution < -0.4 is 0 Å². The first-order valence-electron chi connectivity index (χ1n) is 7.53. The molecule has 3 heteroatoms. The maximum atomic E-state index is 11.9. The highest BCUT2D eigenvalue weighted by Gasteiger charge is 2.30. The molecule has 1 rings (SSSR count). The first-order chi connectivity index (χ1) is 8.93. The highest BCUT2D eigenvalue weighted by Crippen LogP contribution is 2.35. The van der Waals surface area contributed by atoms with Gasteiger partial charge in [0.15, 0.2) is 0 Å². The Bertz CT molecular complexity index is 301. The van der Waals surface area contributed by atoms with E-state index in [1.807, 2.05) is 0 Å². The van der Waals surface area contributed by atoms with Gasteiger partial charge in [-0.05, 0) is 43.4 Å². The number of esters is 1. The molecule has 1 fully saturated rings. The minimum atomic E-state index is -0.0676. The third kappa shape index (κ3) is 5.33. The van der Waals surface area contributed by atoms with Crippen molar-refractivity contribution in [1.29, 1.82) is 0 Å². The summed E-state index contributed by atoms with van der Waals surface area (Å²) in [7, 11) is 1.46. The van der Waals surface area contributed by atoms with Crippen LogP contribution in [0.1, 0.15) is 59.3 Å². The SMILES string of the molecule is COC(=O)C1CCC([C@@H](C)CC(=O)CC(C)C)CC1. The lowest BCUT2D eigenvalue weighted by Crippen LogP contribution is -2.26. The van der Waals surface area contributed by atoms with Gasteiger partial charge < -0.3 is 4.74 Å². The fourth-order valence-corrected chi connectivity index (χ4v) is 3.16. The summed E-state index contributed by atoms with van der Waals surface area (Å²) in [5, 5.41) is 0. The molecule has 0 amide bonds. The van der Waals surface area contributed by atoms with Crippen molar-refractivity contribution in [3.8, 4) is 0 Å². The van der Waals surface area contributed by atoms with Gasteiger partial charge in [0.05, 0.1) is 13.0 Å². The molecule has 0 N–H and O–H groups in total. The van der Waals surface area contributed by atoms with E-state index in [9.17, 15) is 9.59 Å². The molecule has 0 spiro atoms. The van der Waals surface area contributed by atoms with E-state index in [2.05, 4.69) is 20.8 Å². The zero-order valence-electron chi connectivity index (χ0n) is 12.8. The normalized spacial score (nSPS) is 25.1. The maximum Gasteiger partial charge on any atom is 0.308 e. The molecule has 0 aromatic carbocycles. The van der Waals surface area contributed by atoms with E-state index in [0.717, 1.165) is 25.7 Å². The predicted molar refractivity (Wildman–Crippen MR) is 75.7 cm³/mol. The highest BCUT2D eigenvalue weighted by molar-refractivity contribution is 5.78. The molecule has 1 aliphatic carbocycles. The van der Waals surface area contributed by atoms with Gasteiger partial charge in [0.25, 0.3) is 0 Å². The summed E-state index contributed by atoms with van der Waals surface area (Å²) in [5.74, 6) is 1.90. The number of ketones is 1. The third-order valence-corrected chi connectivity index (χ3v) is 4.30. The van der Waals surface area contributed by atoms with Crippen molar-refractivity contribution >= 4 is 11.8 Å². The van der Waals surface area contributed by atoms with E-state index in [1.54, 1.807) is 0 Å². The quantitative estimate of drug-likeness (QED) is 0.691. The number of carbonyl (C=O) groups excluding carboxylic acids is 2. The fraction of sp³-hybridized carbons (Fsp3) is 0.875. The molecule has 0 bridgehead atoms. The van der Waals surface area contributed by atoms with Crippen LogP contribution in [0.3, 0.4) is 0 Å². The minimum absolute atomic E-state index is 0.0676. The molecule has 110 valence electrons. The van der Waals surface area contributed by atoms with Crippen LogP contribution in [0.2, 0.25) is 0 Å².